The number of rotatable bonds is 12. The summed E-state index contributed by atoms with van der Waals surface area (Å²) < 4.78 is 37.7. The van der Waals surface area contributed by atoms with Crippen LogP contribution in [-0.4, -0.2) is 59.2 Å². The van der Waals surface area contributed by atoms with Crippen molar-refractivity contribution in [2.45, 2.75) is 0 Å². The molecule has 2 amide bonds. The molecule has 2 N–H and O–H groups in total. The van der Waals surface area contributed by atoms with Crippen molar-refractivity contribution in [1.82, 2.24) is 10.7 Å². The molecule has 1 aliphatic rings. The summed E-state index contributed by atoms with van der Waals surface area (Å²) >= 11 is 0. The van der Waals surface area contributed by atoms with E-state index in [4.69, 9.17) is 33.2 Å². The lowest BCUT2D eigenvalue weighted by Crippen LogP contribution is -2.32. The summed E-state index contributed by atoms with van der Waals surface area (Å²) in [7, 11) is 5.75. The van der Waals surface area contributed by atoms with Gasteiger partial charge in [0, 0.05) is 5.56 Å². The SMILES string of the molecule is COc1cc(/C=N\NC(=O)/C(=C\c2ccc3c(c2)OCO3)NC(=O)c2ccccc2)ccc1OC(=O)c1cc(OC)c(OC)c(OC)c1. The molecule has 0 saturated carbocycles. The van der Waals surface area contributed by atoms with Gasteiger partial charge in [0.1, 0.15) is 5.70 Å². The van der Waals surface area contributed by atoms with Gasteiger partial charge in [0.25, 0.3) is 11.8 Å². The summed E-state index contributed by atoms with van der Waals surface area (Å²) in [6.07, 6.45) is 2.86. The Hall–Kier alpha value is -6.50. The molecular formula is C35H31N3O10. The lowest BCUT2D eigenvalue weighted by molar-refractivity contribution is -0.117. The topological polar surface area (TPSA) is 152 Å². The molecule has 13 heteroatoms. The number of nitrogens with one attached hydrogen (secondary N) is 2. The number of hydrogen-bond acceptors (Lipinski definition) is 11. The van der Waals surface area contributed by atoms with E-state index < -0.39 is 17.8 Å². The Kier molecular flexibility index (Phi) is 10.4. The van der Waals surface area contributed by atoms with Crippen molar-refractivity contribution in [2.24, 2.45) is 5.10 Å². The van der Waals surface area contributed by atoms with Gasteiger partial charge in [0.2, 0.25) is 12.5 Å². The van der Waals surface area contributed by atoms with Crippen LogP contribution in [0.15, 0.2) is 89.7 Å². The predicted octanol–water partition coefficient (Wildman–Crippen LogP) is 4.59. The molecule has 0 aromatic heterocycles. The Morgan fingerprint density at radius 2 is 1.40 bits per heavy atom. The Balaban J connectivity index is 1.31. The standard InChI is InChI=1S/C35H31N3O10/c1-42-28-16-22(11-13-27(28)48-35(41)24-17-30(43-2)32(45-4)31(18-24)44-3)19-36-38-34(40)25(37-33(39)23-8-6-5-7-9-23)14-21-10-12-26-29(15-21)47-20-46-26/h5-19H,20H2,1-4H3,(H,37,39)(H,38,40)/b25-14+,36-19-. The molecule has 5 rings (SSSR count). The molecule has 0 unspecified atom stereocenters. The van der Waals surface area contributed by atoms with E-state index in [2.05, 4.69) is 15.8 Å². The molecular weight excluding hydrogens is 622 g/mol. The maximum atomic E-state index is 13.2. The Labute approximate surface area is 275 Å². The minimum absolute atomic E-state index is 0.0634. The fraction of sp³-hybridized carbons (Fsp3) is 0.143. The summed E-state index contributed by atoms with van der Waals surface area (Å²) in [5.74, 6) is 0.505. The van der Waals surface area contributed by atoms with Crippen LogP contribution in [0.5, 0.6) is 40.2 Å². The number of ether oxygens (including phenoxy) is 7. The second kappa shape index (κ2) is 15.2. The molecule has 0 spiro atoms. The second-order valence-electron chi connectivity index (χ2n) is 9.90. The van der Waals surface area contributed by atoms with E-state index in [1.165, 1.54) is 58.9 Å². The molecule has 1 heterocycles. The van der Waals surface area contributed by atoms with Crippen LogP contribution in [0.2, 0.25) is 0 Å². The van der Waals surface area contributed by atoms with Gasteiger partial charge in [-0.3, -0.25) is 9.59 Å². The van der Waals surface area contributed by atoms with Gasteiger partial charge in [-0.05, 0) is 71.8 Å². The summed E-state index contributed by atoms with van der Waals surface area (Å²) in [5.41, 5.74) is 3.98. The van der Waals surface area contributed by atoms with E-state index in [1.54, 1.807) is 60.7 Å². The zero-order chi connectivity index (χ0) is 34.0. The van der Waals surface area contributed by atoms with Gasteiger partial charge in [-0.25, -0.2) is 10.2 Å². The third-order valence-corrected chi connectivity index (χ3v) is 6.91. The third kappa shape index (κ3) is 7.65. The summed E-state index contributed by atoms with van der Waals surface area (Å²) in [4.78, 5) is 39.2. The Morgan fingerprint density at radius 3 is 2.08 bits per heavy atom. The molecule has 0 radical (unpaired) electrons. The molecule has 246 valence electrons. The first-order chi connectivity index (χ1) is 23.3. The monoisotopic (exact) mass is 653 g/mol. The third-order valence-electron chi connectivity index (χ3n) is 6.91. The molecule has 0 saturated heterocycles. The number of benzene rings is 4. The number of nitrogens with zero attached hydrogens (tertiary/aromatic N) is 1. The number of hydrazone groups is 1. The summed E-state index contributed by atoms with van der Waals surface area (Å²) in [6.45, 7) is 0.0939. The van der Waals surface area contributed by atoms with E-state index in [0.717, 1.165) is 0 Å². The number of amides is 2. The van der Waals surface area contributed by atoms with Gasteiger partial charge in [-0.2, -0.15) is 5.10 Å². The summed E-state index contributed by atoms with van der Waals surface area (Å²) in [5, 5.41) is 6.69. The average molecular weight is 654 g/mol. The molecule has 0 fully saturated rings. The van der Waals surface area contributed by atoms with Crippen molar-refractivity contribution in [3.05, 3.63) is 107 Å². The first-order valence-corrected chi connectivity index (χ1v) is 14.3. The van der Waals surface area contributed by atoms with Gasteiger partial charge < -0.3 is 38.5 Å². The fourth-order valence-electron chi connectivity index (χ4n) is 4.54. The highest BCUT2D eigenvalue weighted by atomic mass is 16.7. The first-order valence-electron chi connectivity index (χ1n) is 14.3. The molecule has 4 aromatic carbocycles. The van der Waals surface area contributed by atoms with Crippen LogP contribution in [0.3, 0.4) is 0 Å². The van der Waals surface area contributed by atoms with Crippen molar-refractivity contribution in [1.29, 1.82) is 0 Å². The van der Waals surface area contributed by atoms with Gasteiger partial charge in [0.15, 0.2) is 34.5 Å². The van der Waals surface area contributed by atoms with E-state index in [-0.39, 0.29) is 41.1 Å². The van der Waals surface area contributed by atoms with Crippen molar-refractivity contribution in [3.8, 4) is 40.2 Å². The Morgan fingerprint density at radius 1 is 0.708 bits per heavy atom. The normalized spacial score (nSPS) is 11.9. The second-order valence-corrected chi connectivity index (χ2v) is 9.90. The van der Waals surface area contributed by atoms with Crippen LogP contribution >= 0.6 is 0 Å². The van der Waals surface area contributed by atoms with Crippen molar-refractivity contribution >= 4 is 30.1 Å². The van der Waals surface area contributed by atoms with Crippen molar-refractivity contribution < 1.29 is 47.5 Å². The largest absolute Gasteiger partial charge is 0.493 e. The van der Waals surface area contributed by atoms with E-state index >= 15 is 0 Å². The maximum Gasteiger partial charge on any atom is 0.343 e. The van der Waals surface area contributed by atoms with Crippen LogP contribution in [-0.2, 0) is 4.79 Å². The fourth-order valence-corrected chi connectivity index (χ4v) is 4.54. The number of carbonyl (C=O) groups is 3. The Bertz CT molecular complexity index is 1860. The lowest BCUT2D eigenvalue weighted by Gasteiger charge is -2.14. The quantitative estimate of drug-likeness (QED) is 0.0730. The minimum Gasteiger partial charge on any atom is -0.493 e. The lowest BCUT2D eigenvalue weighted by atomic mass is 10.1. The molecule has 0 bridgehead atoms. The minimum atomic E-state index is -0.694. The highest BCUT2D eigenvalue weighted by Crippen LogP contribution is 2.39. The zero-order valence-electron chi connectivity index (χ0n) is 26.4. The van der Waals surface area contributed by atoms with E-state index in [9.17, 15) is 14.4 Å². The van der Waals surface area contributed by atoms with Gasteiger partial charge >= 0.3 is 5.97 Å². The van der Waals surface area contributed by atoms with Gasteiger partial charge in [0.05, 0.1) is 40.2 Å². The smallest absolute Gasteiger partial charge is 0.343 e. The van der Waals surface area contributed by atoms with Crippen LogP contribution in [0.4, 0.5) is 0 Å². The number of carbonyl (C=O) groups excluding carboxylic acids is 3. The van der Waals surface area contributed by atoms with Crippen LogP contribution in [0.25, 0.3) is 6.08 Å². The molecule has 13 nitrogen and oxygen atoms in total. The van der Waals surface area contributed by atoms with Crippen LogP contribution in [0.1, 0.15) is 31.8 Å². The number of methoxy groups -OCH3 is 4. The molecule has 48 heavy (non-hydrogen) atoms. The van der Waals surface area contributed by atoms with Crippen LogP contribution in [0, 0.1) is 0 Å². The van der Waals surface area contributed by atoms with Gasteiger partial charge in [-0.1, -0.05) is 24.3 Å². The van der Waals surface area contributed by atoms with Crippen LogP contribution < -0.4 is 43.9 Å². The molecule has 4 aromatic rings. The highest BCUT2D eigenvalue weighted by molar-refractivity contribution is 6.05. The predicted molar refractivity (Wildman–Crippen MR) is 174 cm³/mol. The van der Waals surface area contributed by atoms with E-state index in [1.807, 2.05) is 0 Å². The number of fused-ring (bicyclic) bond motifs is 1. The summed E-state index contributed by atoms with van der Waals surface area (Å²) in [6, 6.07) is 21.2. The van der Waals surface area contributed by atoms with Crippen molar-refractivity contribution in [3.63, 3.8) is 0 Å². The molecule has 0 aliphatic carbocycles. The van der Waals surface area contributed by atoms with Crippen molar-refractivity contribution in [2.75, 3.05) is 35.2 Å². The molecule has 0 atom stereocenters. The average Bonchev–Trinajstić information content (AvgIpc) is 3.59. The maximum absolute atomic E-state index is 13.2. The highest BCUT2D eigenvalue weighted by Gasteiger charge is 2.20. The number of hydrogen-bond donors (Lipinski definition) is 2. The van der Waals surface area contributed by atoms with E-state index in [0.29, 0.717) is 33.9 Å². The molecule has 1 aliphatic heterocycles. The van der Waals surface area contributed by atoms with Gasteiger partial charge in [-0.15, -0.1) is 0 Å². The first kappa shape index (κ1) is 32.9. The number of esters is 1. The zero-order valence-corrected chi connectivity index (χ0v) is 26.4.